The van der Waals surface area contributed by atoms with Gasteiger partial charge in [0.15, 0.2) is 62.0 Å². The Bertz CT molecular complexity index is 2030. The molecule has 0 aromatic carbocycles. The number of hydrogen-bond donors (Lipinski definition) is 13. The monoisotopic (exact) mass is 1140 g/mol. The number of carboxylic acids is 2. The molecular weight excluding hydrogens is 1090 g/mol. The molecule has 20 unspecified atom stereocenters. The maximum Gasteiger partial charge on any atom is 0.397 e. The summed E-state index contributed by atoms with van der Waals surface area (Å²) in [5.74, 6) is -5.88. The van der Waals surface area contributed by atoms with Crippen molar-refractivity contribution in [2.24, 2.45) is 0 Å². The molecule has 4 fully saturated rings. The molecule has 0 aromatic heterocycles. The number of aliphatic carboxylic acids is 2. The van der Waals surface area contributed by atoms with Crippen molar-refractivity contribution in [1.82, 2.24) is 10.6 Å². The topological polar surface area (TPSA) is 531 Å². The molecule has 4 heterocycles. The van der Waals surface area contributed by atoms with Crippen molar-refractivity contribution in [1.29, 1.82) is 0 Å². The average molecular weight is 1140 g/mol. The van der Waals surface area contributed by atoms with Gasteiger partial charge in [0.1, 0.15) is 85.3 Å². The van der Waals surface area contributed by atoms with E-state index in [0.29, 0.717) is 0 Å². The Kier molecular flexibility index (Phi) is 23.9. The number of carbonyl (C=O) groups is 4. The number of hydrogen-bond acceptors (Lipinski definition) is 33. The summed E-state index contributed by atoms with van der Waals surface area (Å²) in [6.45, 7) is 2.41. The summed E-state index contributed by atoms with van der Waals surface area (Å²) in [5.41, 5.74) is 0. The number of rotatable bonds is 27. The zero-order chi connectivity index (χ0) is 53.8. The van der Waals surface area contributed by atoms with Crippen LogP contribution in [0.2, 0.25) is 0 Å². The largest absolute Gasteiger partial charge is 0.479 e. The van der Waals surface area contributed by atoms with Gasteiger partial charge >= 0.3 is 32.7 Å². The molecule has 13 N–H and O–H groups in total. The van der Waals surface area contributed by atoms with Gasteiger partial charge in [0, 0.05) is 13.8 Å². The lowest BCUT2D eigenvalue weighted by Gasteiger charge is -2.50. The highest BCUT2D eigenvalue weighted by Gasteiger charge is 2.59. The van der Waals surface area contributed by atoms with Crippen LogP contribution in [-0.4, -0.2) is 238 Å². The quantitative estimate of drug-likeness (QED) is 0.00908. The van der Waals surface area contributed by atoms with Crippen LogP contribution in [0.4, 0.5) is 0 Å². The van der Waals surface area contributed by atoms with E-state index in [0.717, 1.165) is 13.8 Å². The lowest BCUT2D eigenvalue weighted by molar-refractivity contribution is -0.435. The smallest absolute Gasteiger partial charge is 0.397 e. The minimum atomic E-state index is -5.42. The number of carboxylic acid groups (broad SMARTS) is 2. The molecule has 20 atom stereocenters. The number of amides is 2. The van der Waals surface area contributed by atoms with Crippen LogP contribution >= 0.6 is 24.6 Å². The first-order valence-electron chi connectivity index (χ1n) is 19.8. The zero-order valence-corrected chi connectivity index (χ0v) is 39.6. The third kappa shape index (κ3) is 17.1. The predicted octanol–water partition coefficient (Wildman–Crippen LogP) is -6.39. The van der Waals surface area contributed by atoms with Crippen LogP contribution in [0, 0.1) is 0 Å². The number of aliphatic hydroxyl groups excluding tert-OH is 5. The van der Waals surface area contributed by atoms with Gasteiger partial charge in [0.2, 0.25) is 11.8 Å². The third-order valence-electron chi connectivity index (χ3n) is 10.1. The third-order valence-corrected chi connectivity index (χ3v) is 11.8. The summed E-state index contributed by atoms with van der Waals surface area (Å²) in [6.07, 6.45) is -39.3. The van der Waals surface area contributed by atoms with Gasteiger partial charge in [-0.2, -0.15) is 16.8 Å². The van der Waals surface area contributed by atoms with Crippen LogP contribution in [0.1, 0.15) is 13.8 Å². The van der Waals surface area contributed by atoms with Crippen molar-refractivity contribution in [3.63, 3.8) is 0 Å². The second-order valence-corrected chi connectivity index (χ2v) is 18.0. The van der Waals surface area contributed by atoms with Crippen LogP contribution in [0.15, 0.2) is 12.7 Å². The van der Waals surface area contributed by atoms with Gasteiger partial charge in [-0.05, 0) is 0 Å². The van der Waals surface area contributed by atoms with Gasteiger partial charge < -0.3 is 84.3 Å². The second kappa shape index (κ2) is 27.8. The molecule has 41 heteroatoms. The van der Waals surface area contributed by atoms with Gasteiger partial charge in [-0.15, -0.1) is 15.2 Å². The highest BCUT2D eigenvalue weighted by atomic mass is 32.3. The molecule has 0 spiro atoms. The predicted molar refractivity (Wildman–Crippen MR) is 215 cm³/mol. The van der Waals surface area contributed by atoms with Crippen LogP contribution in [0.3, 0.4) is 0 Å². The summed E-state index contributed by atoms with van der Waals surface area (Å²) < 4.78 is 139. The van der Waals surface area contributed by atoms with Gasteiger partial charge in [0.25, 0.3) is 0 Å². The fraction of sp³-hybridized carbons (Fsp3) is 0.806. The molecule has 4 aliphatic rings. The Morgan fingerprint density at radius 1 is 0.583 bits per heavy atom. The van der Waals surface area contributed by atoms with E-state index in [-0.39, 0.29) is 31.3 Å². The zero-order valence-electron chi connectivity index (χ0n) is 36.3. The van der Waals surface area contributed by atoms with Crippen LogP contribution in [0.5, 0.6) is 0 Å². The fourth-order valence-corrected chi connectivity index (χ4v) is 8.59. The van der Waals surface area contributed by atoms with Crippen molar-refractivity contribution >= 4 is 69.2 Å². The van der Waals surface area contributed by atoms with Crippen molar-refractivity contribution < 1.29 is 165 Å². The lowest BCUT2D eigenvalue weighted by atomic mass is 9.94. The van der Waals surface area contributed by atoms with E-state index in [2.05, 4.69) is 44.3 Å². The molecule has 4 aliphatic heterocycles. The summed E-state index contributed by atoms with van der Waals surface area (Å²) in [5, 5.41) is 104. The minimum Gasteiger partial charge on any atom is -0.479 e. The molecule has 4 rings (SSSR count). The standard InChI is InChI=1S/C31H48N2O35S4/c1-4-5-53-28-12(32-8(2)34)21(19(63-69-67-65-45)10(56-28)6-54-71(47,48)49)58-31-18(40)16(38)23(25(62-31)27(43)44)60-29-13(33-9(3)35)22(59-30-17(39)14(36)15(37)24(61-30)26(41)42)20(64-70-68-66-46)11(57-29)7-55-72(50,51)52/h4,10-25,28-31,36-40,45-46H,1,5-7H2,2-3H3,(H,32,34)(H,33,35)(H,41,42)(H,43,44)(H,47,48,49)(H,50,51,52). The Labute approximate surface area is 412 Å². The summed E-state index contributed by atoms with van der Waals surface area (Å²) in [4.78, 5) is 50.2. The number of nitrogens with one attached hydrogen (secondary N) is 2. The van der Waals surface area contributed by atoms with E-state index < -0.39 is 180 Å². The molecule has 2 amide bonds. The summed E-state index contributed by atoms with van der Waals surface area (Å²) >= 11 is -0.480. The molecule has 72 heavy (non-hydrogen) atoms. The lowest BCUT2D eigenvalue weighted by Crippen LogP contribution is -2.71. The SMILES string of the molecule is C=CCOC1OC(COS(=O)(=O)O)C(OSOOO)C(OC2OC(C(=O)O)C(OC3OC(COS(=O)(=O)O)C(OSOOO)C(OC4OC(C(=O)O)C(O)C(O)C4O)C3NC(C)=O)C(O)C2O)C1NC(C)=O. The molecular formula is C31H48N2O35S4. The number of aliphatic hydroxyl groups is 5. The van der Waals surface area contributed by atoms with E-state index in [4.69, 9.17) is 56.8 Å². The first-order valence-corrected chi connectivity index (χ1v) is 23.8. The Hall–Kier alpha value is -2.78. The minimum absolute atomic E-state index is 0.196. The van der Waals surface area contributed by atoms with Crippen molar-refractivity contribution in [3.05, 3.63) is 12.7 Å². The van der Waals surface area contributed by atoms with Crippen LogP contribution in [0.25, 0.3) is 0 Å². The molecule has 0 aliphatic carbocycles. The van der Waals surface area contributed by atoms with E-state index in [1.807, 2.05) is 0 Å². The Morgan fingerprint density at radius 2 is 1.00 bits per heavy atom. The molecule has 0 aromatic rings. The molecule has 0 radical (unpaired) electrons. The van der Waals surface area contributed by atoms with Crippen LogP contribution < -0.4 is 10.6 Å². The van der Waals surface area contributed by atoms with Gasteiger partial charge in [-0.3, -0.25) is 27.1 Å². The maximum absolute atomic E-state index is 13.0. The van der Waals surface area contributed by atoms with Crippen molar-refractivity contribution in [2.45, 2.75) is 137 Å². The fourth-order valence-electron chi connectivity index (χ4n) is 7.21. The highest BCUT2D eigenvalue weighted by Crippen LogP contribution is 2.38. The van der Waals surface area contributed by atoms with E-state index in [9.17, 15) is 80.9 Å². The average Bonchev–Trinajstić information content (AvgIpc) is 3.28. The summed E-state index contributed by atoms with van der Waals surface area (Å²) in [7, 11) is -10.7. The van der Waals surface area contributed by atoms with E-state index in [1.54, 1.807) is 0 Å². The maximum atomic E-state index is 13.0. The molecule has 37 nitrogen and oxygen atoms in total. The Balaban J connectivity index is 1.80. The first kappa shape index (κ1) is 61.8. The number of carbonyl (C=O) groups excluding carboxylic acids is 2. The normalized spacial score (nSPS) is 37.6. The molecule has 416 valence electrons. The molecule has 0 saturated carbocycles. The van der Waals surface area contributed by atoms with Gasteiger partial charge in [-0.1, -0.05) is 16.2 Å². The number of ether oxygens (including phenoxy) is 8. The Morgan fingerprint density at radius 3 is 1.42 bits per heavy atom. The van der Waals surface area contributed by atoms with Gasteiger partial charge in [0.05, 0.1) is 19.8 Å². The molecule has 4 saturated heterocycles. The summed E-state index contributed by atoms with van der Waals surface area (Å²) in [6, 6.07) is -3.76. The highest BCUT2D eigenvalue weighted by molar-refractivity contribution is 7.90. The van der Waals surface area contributed by atoms with E-state index in [1.165, 1.54) is 6.08 Å². The molecule has 0 bridgehead atoms. The van der Waals surface area contributed by atoms with E-state index >= 15 is 0 Å². The first-order chi connectivity index (χ1) is 33.7. The van der Waals surface area contributed by atoms with Crippen molar-refractivity contribution in [3.8, 4) is 0 Å². The second-order valence-electron chi connectivity index (χ2n) is 14.9. The van der Waals surface area contributed by atoms with Crippen LogP contribution in [-0.2, 0) is 113 Å². The van der Waals surface area contributed by atoms with Crippen molar-refractivity contribution in [2.75, 3.05) is 19.8 Å². The van der Waals surface area contributed by atoms with Gasteiger partial charge in [-0.25, -0.2) is 28.5 Å².